The Balaban J connectivity index is 1.96. The van der Waals surface area contributed by atoms with Crippen LogP contribution in [0.3, 0.4) is 0 Å². The number of nitrogens with two attached hydrogens (primary N) is 1. The Hall–Kier alpha value is -1.39. The van der Waals surface area contributed by atoms with Crippen molar-refractivity contribution in [3.05, 3.63) is 35.9 Å². The molecule has 1 atom stereocenters. The number of rotatable bonds is 6. The molecule has 1 saturated carbocycles. The molecular weight excluding hydrogens is 240 g/mol. The van der Waals surface area contributed by atoms with E-state index in [1.165, 1.54) is 0 Å². The molecule has 19 heavy (non-hydrogen) atoms. The van der Waals surface area contributed by atoms with Gasteiger partial charge in [0.05, 0.1) is 0 Å². The molecule has 1 aliphatic carbocycles. The van der Waals surface area contributed by atoms with Gasteiger partial charge in [-0.15, -0.1) is 0 Å². The van der Waals surface area contributed by atoms with E-state index in [-0.39, 0.29) is 17.9 Å². The van der Waals surface area contributed by atoms with Crippen molar-refractivity contribution >= 4 is 5.91 Å². The highest BCUT2D eigenvalue weighted by atomic mass is 16.3. The number of carbonyl (C=O) groups excluding carboxylic acids is 1. The molecule has 2 rings (SSSR count). The van der Waals surface area contributed by atoms with E-state index in [0.717, 1.165) is 24.8 Å². The van der Waals surface area contributed by atoms with Gasteiger partial charge in [0.1, 0.15) is 5.54 Å². The number of aliphatic hydroxyl groups excluding tert-OH is 1. The fourth-order valence-corrected chi connectivity index (χ4v) is 2.30. The van der Waals surface area contributed by atoms with Crippen molar-refractivity contribution in [1.82, 2.24) is 5.32 Å². The van der Waals surface area contributed by atoms with Gasteiger partial charge in [0.25, 0.3) is 0 Å². The van der Waals surface area contributed by atoms with Gasteiger partial charge in [-0.05, 0) is 37.2 Å². The Morgan fingerprint density at radius 2 is 2.05 bits per heavy atom. The Morgan fingerprint density at radius 1 is 1.42 bits per heavy atom. The van der Waals surface area contributed by atoms with Crippen LogP contribution < -0.4 is 11.1 Å². The van der Waals surface area contributed by atoms with E-state index in [1.54, 1.807) is 6.92 Å². The normalized spacial score (nSPS) is 19.5. The van der Waals surface area contributed by atoms with E-state index in [4.69, 9.17) is 10.8 Å². The van der Waals surface area contributed by atoms with Gasteiger partial charge in [-0.3, -0.25) is 4.79 Å². The largest absolute Gasteiger partial charge is 0.396 e. The lowest BCUT2D eigenvalue weighted by Gasteiger charge is -2.25. The molecule has 0 bridgehead atoms. The SMILES string of the molecule is CC(N)(C(=O)NCC1(CCO)CC1)c1ccccc1. The first-order valence-corrected chi connectivity index (χ1v) is 6.74. The third kappa shape index (κ3) is 3.14. The zero-order chi connectivity index (χ0) is 13.9. The summed E-state index contributed by atoms with van der Waals surface area (Å²) in [6, 6.07) is 9.38. The van der Waals surface area contributed by atoms with Crippen LogP contribution in [0, 0.1) is 5.41 Å². The number of amides is 1. The summed E-state index contributed by atoms with van der Waals surface area (Å²) >= 11 is 0. The lowest BCUT2D eigenvalue weighted by atomic mass is 9.92. The fraction of sp³-hybridized carbons (Fsp3) is 0.533. The van der Waals surface area contributed by atoms with Gasteiger partial charge >= 0.3 is 0 Å². The van der Waals surface area contributed by atoms with Crippen molar-refractivity contribution in [1.29, 1.82) is 0 Å². The minimum Gasteiger partial charge on any atom is -0.396 e. The lowest BCUT2D eigenvalue weighted by molar-refractivity contribution is -0.126. The lowest BCUT2D eigenvalue weighted by Crippen LogP contribution is -2.50. The molecule has 1 amide bonds. The fourth-order valence-electron chi connectivity index (χ4n) is 2.30. The summed E-state index contributed by atoms with van der Waals surface area (Å²) in [6.45, 7) is 2.50. The number of hydrogen-bond donors (Lipinski definition) is 3. The van der Waals surface area contributed by atoms with Gasteiger partial charge < -0.3 is 16.2 Å². The second kappa shape index (κ2) is 5.31. The number of benzene rings is 1. The molecule has 0 heterocycles. The molecule has 4 N–H and O–H groups in total. The van der Waals surface area contributed by atoms with Crippen LogP contribution in [0.15, 0.2) is 30.3 Å². The van der Waals surface area contributed by atoms with Crippen LogP contribution in [0.25, 0.3) is 0 Å². The molecule has 1 fully saturated rings. The first-order chi connectivity index (χ1) is 9.00. The van der Waals surface area contributed by atoms with Gasteiger partial charge in [0, 0.05) is 13.2 Å². The van der Waals surface area contributed by atoms with Crippen LogP contribution in [0.5, 0.6) is 0 Å². The maximum absolute atomic E-state index is 12.2. The van der Waals surface area contributed by atoms with Crippen molar-refractivity contribution in [2.45, 2.75) is 31.7 Å². The third-order valence-corrected chi connectivity index (χ3v) is 4.07. The minimum atomic E-state index is -1.02. The highest BCUT2D eigenvalue weighted by Gasteiger charge is 2.43. The summed E-state index contributed by atoms with van der Waals surface area (Å²) in [4.78, 5) is 12.2. The standard InChI is InChI=1S/C15H22N2O2/c1-14(16,12-5-3-2-4-6-12)13(19)17-11-15(7-8-15)9-10-18/h2-6,18H,7-11,16H2,1H3,(H,17,19). The van der Waals surface area contributed by atoms with Crippen LogP contribution in [0.1, 0.15) is 31.7 Å². The molecule has 0 spiro atoms. The van der Waals surface area contributed by atoms with Crippen LogP contribution in [-0.4, -0.2) is 24.2 Å². The topological polar surface area (TPSA) is 75.4 Å². The number of hydrogen-bond acceptors (Lipinski definition) is 3. The molecule has 0 radical (unpaired) electrons. The molecule has 4 nitrogen and oxygen atoms in total. The van der Waals surface area contributed by atoms with E-state index < -0.39 is 5.54 Å². The van der Waals surface area contributed by atoms with E-state index in [0.29, 0.717) is 6.54 Å². The van der Waals surface area contributed by atoms with Crippen molar-refractivity contribution in [2.75, 3.05) is 13.2 Å². The van der Waals surface area contributed by atoms with Gasteiger partial charge in [0.2, 0.25) is 5.91 Å². The summed E-state index contributed by atoms with van der Waals surface area (Å²) in [5.41, 5.74) is 6.04. The van der Waals surface area contributed by atoms with Crippen LogP contribution in [0.4, 0.5) is 0 Å². The van der Waals surface area contributed by atoms with E-state index >= 15 is 0 Å². The Labute approximate surface area is 114 Å². The zero-order valence-electron chi connectivity index (χ0n) is 11.4. The molecule has 1 unspecified atom stereocenters. The molecule has 104 valence electrons. The van der Waals surface area contributed by atoms with Crippen molar-refractivity contribution in [3.63, 3.8) is 0 Å². The first kappa shape index (κ1) is 14.0. The summed E-state index contributed by atoms with van der Waals surface area (Å²) in [5.74, 6) is -0.164. The average Bonchev–Trinajstić information content (AvgIpc) is 3.17. The van der Waals surface area contributed by atoms with E-state index in [1.807, 2.05) is 30.3 Å². The third-order valence-electron chi connectivity index (χ3n) is 4.07. The molecule has 1 aromatic carbocycles. The Morgan fingerprint density at radius 3 is 2.58 bits per heavy atom. The van der Waals surface area contributed by atoms with E-state index in [9.17, 15) is 4.79 Å². The number of carbonyl (C=O) groups is 1. The van der Waals surface area contributed by atoms with Crippen LogP contribution in [-0.2, 0) is 10.3 Å². The summed E-state index contributed by atoms with van der Waals surface area (Å²) < 4.78 is 0. The monoisotopic (exact) mass is 262 g/mol. The second-order valence-electron chi connectivity index (χ2n) is 5.72. The summed E-state index contributed by atoms with van der Waals surface area (Å²) in [6.07, 6.45) is 2.89. The molecular formula is C15H22N2O2. The number of aliphatic hydroxyl groups is 1. The van der Waals surface area contributed by atoms with Gasteiger partial charge in [0.15, 0.2) is 0 Å². The first-order valence-electron chi connectivity index (χ1n) is 6.74. The molecule has 0 aromatic heterocycles. The maximum Gasteiger partial charge on any atom is 0.244 e. The van der Waals surface area contributed by atoms with Crippen LogP contribution >= 0.6 is 0 Å². The predicted molar refractivity (Wildman–Crippen MR) is 74.4 cm³/mol. The van der Waals surface area contributed by atoms with Crippen LogP contribution in [0.2, 0.25) is 0 Å². The van der Waals surface area contributed by atoms with Gasteiger partial charge in [-0.2, -0.15) is 0 Å². The average molecular weight is 262 g/mol. The molecule has 0 saturated heterocycles. The van der Waals surface area contributed by atoms with E-state index in [2.05, 4.69) is 5.32 Å². The van der Waals surface area contributed by atoms with Crippen molar-refractivity contribution < 1.29 is 9.90 Å². The van der Waals surface area contributed by atoms with Crippen molar-refractivity contribution in [3.8, 4) is 0 Å². The van der Waals surface area contributed by atoms with Gasteiger partial charge in [-0.1, -0.05) is 30.3 Å². The Kier molecular flexibility index (Phi) is 3.92. The van der Waals surface area contributed by atoms with Gasteiger partial charge in [-0.25, -0.2) is 0 Å². The summed E-state index contributed by atoms with van der Waals surface area (Å²) in [7, 11) is 0. The Bertz CT molecular complexity index is 439. The predicted octanol–water partition coefficient (Wildman–Crippen LogP) is 1.14. The quantitative estimate of drug-likeness (QED) is 0.719. The van der Waals surface area contributed by atoms with Crippen molar-refractivity contribution in [2.24, 2.45) is 11.1 Å². The molecule has 1 aliphatic rings. The smallest absolute Gasteiger partial charge is 0.244 e. The molecule has 0 aliphatic heterocycles. The number of nitrogens with one attached hydrogen (secondary N) is 1. The highest BCUT2D eigenvalue weighted by molar-refractivity contribution is 5.87. The maximum atomic E-state index is 12.2. The second-order valence-corrected chi connectivity index (χ2v) is 5.72. The minimum absolute atomic E-state index is 0.108. The molecule has 1 aromatic rings. The molecule has 4 heteroatoms. The highest BCUT2D eigenvalue weighted by Crippen LogP contribution is 2.47. The zero-order valence-corrected chi connectivity index (χ0v) is 11.4. The summed E-state index contributed by atoms with van der Waals surface area (Å²) in [5, 5.41) is 11.9.